The number of carbonyl (C=O) groups is 2. The molecule has 2 rings (SSSR count). The molecule has 0 saturated heterocycles. The SMILES string of the molecule is CCN(CC)C(=O)c1cccc(NCC(=O)NCCC2=CCCCC2)c1. The van der Waals surface area contributed by atoms with Crippen LogP contribution in [0.3, 0.4) is 0 Å². The number of nitrogens with zero attached hydrogens (tertiary/aromatic N) is 1. The summed E-state index contributed by atoms with van der Waals surface area (Å²) < 4.78 is 0. The average Bonchev–Trinajstić information content (AvgIpc) is 2.68. The molecule has 5 nitrogen and oxygen atoms in total. The van der Waals surface area contributed by atoms with Crippen LogP contribution >= 0.6 is 0 Å². The van der Waals surface area contributed by atoms with Gasteiger partial charge in [-0.3, -0.25) is 9.59 Å². The van der Waals surface area contributed by atoms with Gasteiger partial charge in [0.2, 0.25) is 5.91 Å². The Bertz CT molecular complexity index is 636. The number of hydrogen-bond acceptors (Lipinski definition) is 3. The third-order valence-corrected chi connectivity index (χ3v) is 4.77. The van der Waals surface area contributed by atoms with Crippen LogP contribution in [0.15, 0.2) is 35.9 Å². The van der Waals surface area contributed by atoms with Gasteiger partial charge < -0.3 is 15.5 Å². The minimum absolute atomic E-state index is 0.0175. The molecule has 0 heterocycles. The van der Waals surface area contributed by atoms with E-state index in [1.807, 2.05) is 32.0 Å². The molecule has 2 amide bonds. The molecule has 0 aliphatic heterocycles. The molecule has 5 heteroatoms. The fraction of sp³-hybridized carbons (Fsp3) is 0.524. The molecule has 0 spiro atoms. The summed E-state index contributed by atoms with van der Waals surface area (Å²) in [6.45, 7) is 6.21. The van der Waals surface area contributed by atoms with Gasteiger partial charge in [-0.1, -0.05) is 17.7 Å². The molecule has 142 valence electrons. The van der Waals surface area contributed by atoms with Gasteiger partial charge >= 0.3 is 0 Å². The van der Waals surface area contributed by atoms with E-state index in [1.165, 1.54) is 31.3 Å². The van der Waals surface area contributed by atoms with Gasteiger partial charge in [-0.05, 0) is 64.2 Å². The van der Waals surface area contributed by atoms with E-state index in [2.05, 4.69) is 16.7 Å². The summed E-state index contributed by atoms with van der Waals surface area (Å²) >= 11 is 0. The molecule has 0 unspecified atom stereocenters. The molecule has 1 aliphatic carbocycles. The van der Waals surface area contributed by atoms with Crippen LogP contribution in [-0.4, -0.2) is 42.9 Å². The number of benzene rings is 1. The standard InChI is InChI=1S/C21H31N3O2/c1-3-24(4-2)21(26)18-11-8-12-19(15-18)23-16-20(25)22-14-13-17-9-6-5-7-10-17/h8-9,11-12,15,23H,3-7,10,13-14,16H2,1-2H3,(H,22,25). The molecular weight excluding hydrogens is 326 g/mol. The first-order chi connectivity index (χ1) is 12.6. The highest BCUT2D eigenvalue weighted by atomic mass is 16.2. The smallest absolute Gasteiger partial charge is 0.253 e. The molecule has 0 saturated carbocycles. The number of hydrogen-bond donors (Lipinski definition) is 2. The molecule has 0 radical (unpaired) electrons. The van der Waals surface area contributed by atoms with E-state index >= 15 is 0 Å². The van der Waals surface area contributed by atoms with Gasteiger partial charge in [-0.15, -0.1) is 0 Å². The van der Waals surface area contributed by atoms with Crippen LogP contribution in [0.4, 0.5) is 5.69 Å². The normalized spacial score (nSPS) is 13.7. The van der Waals surface area contributed by atoms with E-state index in [1.54, 1.807) is 11.0 Å². The summed E-state index contributed by atoms with van der Waals surface area (Å²) in [5, 5.41) is 6.06. The Morgan fingerprint density at radius 1 is 1.15 bits per heavy atom. The van der Waals surface area contributed by atoms with Crippen molar-refractivity contribution in [1.29, 1.82) is 0 Å². The number of nitrogens with one attached hydrogen (secondary N) is 2. The predicted molar refractivity (Wildman–Crippen MR) is 106 cm³/mol. The fourth-order valence-electron chi connectivity index (χ4n) is 3.19. The second-order valence-corrected chi connectivity index (χ2v) is 6.62. The average molecular weight is 357 g/mol. The maximum atomic E-state index is 12.4. The number of amides is 2. The molecule has 0 bridgehead atoms. The molecule has 0 fully saturated rings. The zero-order valence-corrected chi connectivity index (χ0v) is 16.0. The number of carbonyl (C=O) groups excluding carboxylic acids is 2. The van der Waals surface area contributed by atoms with Gasteiger partial charge in [0.1, 0.15) is 0 Å². The van der Waals surface area contributed by atoms with E-state index in [0.717, 1.165) is 12.1 Å². The molecule has 0 atom stereocenters. The lowest BCUT2D eigenvalue weighted by Gasteiger charge is -2.19. The third kappa shape index (κ3) is 6.21. The molecule has 0 aromatic heterocycles. The molecule has 2 N–H and O–H groups in total. The number of allylic oxidation sites excluding steroid dienone is 1. The van der Waals surface area contributed by atoms with Gasteiger partial charge in [0.25, 0.3) is 5.91 Å². The summed E-state index contributed by atoms with van der Waals surface area (Å²) in [6.07, 6.45) is 8.15. The molecule has 1 aliphatic rings. The van der Waals surface area contributed by atoms with Crippen LogP contribution in [0.5, 0.6) is 0 Å². The van der Waals surface area contributed by atoms with E-state index in [4.69, 9.17) is 0 Å². The predicted octanol–water partition coefficient (Wildman–Crippen LogP) is 3.59. The maximum absolute atomic E-state index is 12.4. The van der Waals surface area contributed by atoms with E-state index in [9.17, 15) is 9.59 Å². The van der Waals surface area contributed by atoms with Crippen LogP contribution in [0.25, 0.3) is 0 Å². The zero-order chi connectivity index (χ0) is 18.8. The minimum Gasteiger partial charge on any atom is -0.376 e. The van der Waals surface area contributed by atoms with Crippen molar-refractivity contribution in [3.05, 3.63) is 41.5 Å². The van der Waals surface area contributed by atoms with E-state index in [-0.39, 0.29) is 18.4 Å². The van der Waals surface area contributed by atoms with Gasteiger partial charge in [-0.2, -0.15) is 0 Å². The molecule has 1 aromatic carbocycles. The largest absolute Gasteiger partial charge is 0.376 e. The highest BCUT2D eigenvalue weighted by Gasteiger charge is 2.12. The second-order valence-electron chi connectivity index (χ2n) is 6.62. The summed E-state index contributed by atoms with van der Waals surface area (Å²) in [5.41, 5.74) is 2.89. The first kappa shape index (κ1) is 20.0. The fourth-order valence-corrected chi connectivity index (χ4v) is 3.19. The Labute approximate surface area is 156 Å². The molecular formula is C21H31N3O2. The summed E-state index contributed by atoms with van der Waals surface area (Å²) in [6, 6.07) is 7.33. The summed E-state index contributed by atoms with van der Waals surface area (Å²) in [4.78, 5) is 26.2. The van der Waals surface area contributed by atoms with Crippen molar-refractivity contribution >= 4 is 17.5 Å². The zero-order valence-electron chi connectivity index (χ0n) is 16.0. The quantitative estimate of drug-likeness (QED) is 0.664. The van der Waals surface area contributed by atoms with Crippen molar-refractivity contribution in [1.82, 2.24) is 10.2 Å². The van der Waals surface area contributed by atoms with Crippen molar-refractivity contribution in [3.8, 4) is 0 Å². The van der Waals surface area contributed by atoms with E-state index < -0.39 is 0 Å². The second kappa shape index (κ2) is 10.6. The lowest BCUT2D eigenvalue weighted by atomic mass is 9.97. The van der Waals surface area contributed by atoms with E-state index in [0.29, 0.717) is 25.2 Å². The first-order valence-corrected chi connectivity index (χ1v) is 9.71. The lowest BCUT2D eigenvalue weighted by Crippen LogP contribution is -2.31. The van der Waals surface area contributed by atoms with Crippen molar-refractivity contribution in [3.63, 3.8) is 0 Å². The Morgan fingerprint density at radius 3 is 2.65 bits per heavy atom. The number of anilines is 1. The monoisotopic (exact) mass is 357 g/mol. The van der Waals surface area contributed by atoms with Crippen LogP contribution in [0.1, 0.15) is 56.3 Å². The molecule has 26 heavy (non-hydrogen) atoms. The highest BCUT2D eigenvalue weighted by molar-refractivity contribution is 5.95. The van der Waals surface area contributed by atoms with Crippen LogP contribution in [0, 0.1) is 0 Å². The molecule has 1 aromatic rings. The van der Waals surface area contributed by atoms with Crippen LogP contribution < -0.4 is 10.6 Å². The van der Waals surface area contributed by atoms with Gasteiger partial charge in [0, 0.05) is 30.9 Å². The topological polar surface area (TPSA) is 61.4 Å². The highest BCUT2D eigenvalue weighted by Crippen LogP contribution is 2.19. The summed E-state index contributed by atoms with van der Waals surface area (Å²) in [5.74, 6) is -0.00857. The first-order valence-electron chi connectivity index (χ1n) is 9.71. The number of rotatable bonds is 9. The Kier molecular flexibility index (Phi) is 8.19. The van der Waals surface area contributed by atoms with Gasteiger partial charge in [-0.25, -0.2) is 0 Å². The van der Waals surface area contributed by atoms with Crippen molar-refractivity contribution in [2.24, 2.45) is 0 Å². The van der Waals surface area contributed by atoms with Gasteiger partial charge in [0.15, 0.2) is 0 Å². The van der Waals surface area contributed by atoms with Crippen molar-refractivity contribution in [2.45, 2.75) is 46.0 Å². The van der Waals surface area contributed by atoms with Crippen LogP contribution in [-0.2, 0) is 4.79 Å². The Morgan fingerprint density at radius 2 is 1.96 bits per heavy atom. The van der Waals surface area contributed by atoms with Gasteiger partial charge in [0.05, 0.1) is 6.54 Å². The third-order valence-electron chi connectivity index (χ3n) is 4.77. The summed E-state index contributed by atoms with van der Waals surface area (Å²) in [7, 11) is 0. The Hall–Kier alpha value is -2.30. The van der Waals surface area contributed by atoms with Crippen LogP contribution in [0.2, 0.25) is 0 Å². The Balaban J connectivity index is 1.77. The minimum atomic E-state index is -0.0260. The maximum Gasteiger partial charge on any atom is 0.253 e. The lowest BCUT2D eigenvalue weighted by molar-refractivity contribution is -0.119. The van der Waals surface area contributed by atoms with Crippen molar-refractivity contribution < 1.29 is 9.59 Å². The van der Waals surface area contributed by atoms with Crippen molar-refractivity contribution in [2.75, 3.05) is 31.5 Å².